The largest absolute Gasteiger partial charge is 0.469 e. The zero-order valence-electron chi connectivity index (χ0n) is 9.17. The molecule has 0 bridgehead atoms. The Labute approximate surface area is 102 Å². The van der Waals surface area contributed by atoms with Crippen molar-refractivity contribution in [3.05, 3.63) is 29.1 Å². The molecule has 0 aliphatic carbocycles. The number of nitrogens with one attached hydrogen (secondary N) is 1. The van der Waals surface area contributed by atoms with Gasteiger partial charge in [-0.2, -0.15) is 0 Å². The van der Waals surface area contributed by atoms with Crippen molar-refractivity contribution < 1.29 is 14.1 Å². The second-order valence-electron chi connectivity index (χ2n) is 3.23. The Kier molecular flexibility index (Phi) is 3.71. The first-order chi connectivity index (χ1) is 8.28. The highest BCUT2D eigenvalue weighted by atomic mass is 32.1. The van der Waals surface area contributed by atoms with Gasteiger partial charge in [0.1, 0.15) is 0 Å². The molecule has 0 atom stereocenters. The van der Waals surface area contributed by atoms with Crippen molar-refractivity contribution in [2.45, 2.75) is 13.0 Å². The zero-order valence-corrected chi connectivity index (χ0v) is 9.99. The molecule has 0 aliphatic rings. The van der Waals surface area contributed by atoms with Crippen LogP contribution in [-0.4, -0.2) is 23.2 Å². The van der Waals surface area contributed by atoms with E-state index in [1.165, 1.54) is 18.4 Å². The monoisotopic (exact) mass is 253 g/mol. The van der Waals surface area contributed by atoms with Gasteiger partial charge < -0.3 is 14.6 Å². The maximum absolute atomic E-state index is 11.0. The number of esters is 1. The number of aromatic nitrogens is 2. The summed E-state index contributed by atoms with van der Waals surface area (Å²) in [5, 5.41) is 9.23. The number of ether oxygens (including phenoxy) is 1. The SMILES string of the molecule is COC(=O)Cc1csc(NCc2ccno2)n1. The van der Waals surface area contributed by atoms with E-state index in [2.05, 4.69) is 20.2 Å². The van der Waals surface area contributed by atoms with Gasteiger partial charge in [-0.1, -0.05) is 5.16 Å². The Morgan fingerprint density at radius 2 is 2.53 bits per heavy atom. The van der Waals surface area contributed by atoms with Crippen molar-refractivity contribution in [3.8, 4) is 0 Å². The molecule has 0 aromatic carbocycles. The van der Waals surface area contributed by atoms with Crippen LogP contribution in [0.15, 0.2) is 22.2 Å². The van der Waals surface area contributed by atoms with E-state index >= 15 is 0 Å². The molecule has 0 saturated carbocycles. The van der Waals surface area contributed by atoms with Gasteiger partial charge in [0.2, 0.25) is 0 Å². The Balaban J connectivity index is 1.88. The smallest absolute Gasteiger partial charge is 0.311 e. The van der Waals surface area contributed by atoms with Crippen molar-refractivity contribution in [3.63, 3.8) is 0 Å². The van der Waals surface area contributed by atoms with Crippen LogP contribution in [0.25, 0.3) is 0 Å². The molecule has 0 amide bonds. The van der Waals surface area contributed by atoms with Gasteiger partial charge in [0, 0.05) is 11.4 Å². The molecular weight excluding hydrogens is 242 g/mol. The molecule has 7 heteroatoms. The second kappa shape index (κ2) is 5.44. The Bertz CT molecular complexity index is 481. The lowest BCUT2D eigenvalue weighted by Crippen LogP contribution is -2.05. The summed E-state index contributed by atoms with van der Waals surface area (Å²) in [4.78, 5) is 15.3. The highest BCUT2D eigenvalue weighted by molar-refractivity contribution is 7.13. The molecule has 0 aliphatic heterocycles. The van der Waals surface area contributed by atoms with Crippen LogP contribution < -0.4 is 5.32 Å². The summed E-state index contributed by atoms with van der Waals surface area (Å²) in [6.07, 6.45) is 1.78. The molecule has 90 valence electrons. The van der Waals surface area contributed by atoms with Crippen molar-refractivity contribution in [1.29, 1.82) is 0 Å². The van der Waals surface area contributed by atoms with E-state index < -0.39 is 0 Å². The minimum Gasteiger partial charge on any atom is -0.469 e. The van der Waals surface area contributed by atoms with Gasteiger partial charge in [0.25, 0.3) is 0 Å². The maximum Gasteiger partial charge on any atom is 0.311 e. The number of carbonyl (C=O) groups excluding carboxylic acids is 1. The lowest BCUT2D eigenvalue weighted by Gasteiger charge is -1.97. The number of hydrogen-bond acceptors (Lipinski definition) is 7. The van der Waals surface area contributed by atoms with Crippen LogP contribution in [0, 0.1) is 0 Å². The zero-order chi connectivity index (χ0) is 12.1. The van der Waals surface area contributed by atoms with Gasteiger partial charge in [0.05, 0.1) is 32.0 Å². The van der Waals surface area contributed by atoms with Gasteiger partial charge in [-0.05, 0) is 0 Å². The number of anilines is 1. The van der Waals surface area contributed by atoms with Crippen molar-refractivity contribution in [2.24, 2.45) is 0 Å². The number of carbonyl (C=O) groups is 1. The summed E-state index contributed by atoms with van der Waals surface area (Å²) in [7, 11) is 1.36. The third-order valence-electron chi connectivity index (χ3n) is 2.01. The fourth-order valence-electron chi connectivity index (χ4n) is 1.19. The lowest BCUT2D eigenvalue weighted by atomic mass is 10.3. The van der Waals surface area contributed by atoms with Crippen LogP contribution in [0.1, 0.15) is 11.5 Å². The first kappa shape index (κ1) is 11.6. The predicted molar refractivity (Wildman–Crippen MR) is 61.7 cm³/mol. The van der Waals surface area contributed by atoms with Gasteiger partial charge in [-0.15, -0.1) is 11.3 Å². The molecule has 2 aromatic rings. The molecule has 0 radical (unpaired) electrons. The first-order valence-electron chi connectivity index (χ1n) is 4.92. The minimum atomic E-state index is -0.294. The van der Waals surface area contributed by atoms with E-state index in [1.807, 2.05) is 5.38 Å². The molecule has 17 heavy (non-hydrogen) atoms. The predicted octanol–water partition coefficient (Wildman–Crippen LogP) is 1.46. The number of methoxy groups -OCH3 is 1. The topological polar surface area (TPSA) is 77.2 Å². The van der Waals surface area contributed by atoms with E-state index in [4.69, 9.17) is 4.52 Å². The van der Waals surface area contributed by atoms with Crippen molar-refractivity contribution in [1.82, 2.24) is 10.1 Å². The maximum atomic E-state index is 11.0. The Morgan fingerprint density at radius 1 is 1.65 bits per heavy atom. The Hall–Kier alpha value is -1.89. The fourth-order valence-corrected chi connectivity index (χ4v) is 1.89. The molecule has 2 aromatic heterocycles. The highest BCUT2D eigenvalue weighted by Crippen LogP contribution is 2.16. The number of thiazole rings is 1. The van der Waals surface area contributed by atoms with E-state index in [9.17, 15) is 4.79 Å². The third kappa shape index (κ3) is 3.28. The summed E-state index contributed by atoms with van der Waals surface area (Å²) in [6, 6.07) is 1.77. The van der Waals surface area contributed by atoms with E-state index in [-0.39, 0.29) is 12.4 Å². The summed E-state index contributed by atoms with van der Waals surface area (Å²) < 4.78 is 9.50. The van der Waals surface area contributed by atoms with Gasteiger partial charge >= 0.3 is 5.97 Å². The van der Waals surface area contributed by atoms with Crippen LogP contribution >= 0.6 is 11.3 Å². The van der Waals surface area contributed by atoms with E-state index in [0.29, 0.717) is 12.2 Å². The summed E-state index contributed by atoms with van der Waals surface area (Å²) in [5.74, 6) is 0.437. The van der Waals surface area contributed by atoms with Crippen molar-refractivity contribution >= 4 is 22.4 Å². The van der Waals surface area contributed by atoms with Crippen molar-refractivity contribution in [2.75, 3.05) is 12.4 Å². The quantitative estimate of drug-likeness (QED) is 0.813. The second-order valence-corrected chi connectivity index (χ2v) is 4.09. The van der Waals surface area contributed by atoms with E-state index in [1.54, 1.807) is 12.3 Å². The number of nitrogens with zero attached hydrogens (tertiary/aromatic N) is 2. The Morgan fingerprint density at radius 3 is 3.24 bits per heavy atom. The van der Waals surface area contributed by atoms with Crippen LogP contribution in [-0.2, 0) is 22.5 Å². The fraction of sp³-hybridized carbons (Fsp3) is 0.300. The molecule has 0 spiro atoms. The summed E-state index contributed by atoms with van der Waals surface area (Å²) in [6.45, 7) is 0.519. The lowest BCUT2D eigenvalue weighted by molar-refractivity contribution is -0.139. The van der Waals surface area contributed by atoms with Crippen LogP contribution in [0.5, 0.6) is 0 Å². The first-order valence-corrected chi connectivity index (χ1v) is 5.80. The molecule has 0 saturated heterocycles. The standard InChI is InChI=1S/C10H11N3O3S/c1-15-9(14)4-7-6-17-10(13-7)11-5-8-2-3-12-16-8/h2-3,6H,4-5H2,1H3,(H,11,13). The molecule has 2 heterocycles. The summed E-state index contributed by atoms with van der Waals surface area (Å²) >= 11 is 1.43. The number of hydrogen-bond donors (Lipinski definition) is 1. The summed E-state index contributed by atoms with van der Waals surface area (Å²) in [5.41, 5.74) is 0.696. The molecule has 0 fully saturated rings. The average molecular weight is 253 g/mol. The average Bonchev–Trinajstić information content (AvgIpc) is 2.97. The number of rotatable bonds is 5. The third-order valence-corrected chi connectivity index (χ3v) is 2.86. The highest BCUT2D eigenvalue weighted by Gasteiger charge is 2.07. The van der Waals surface area contributed by atoms with Crippen LogP contribution in [0.4, 0.5) is 5.13 Å². The molecule has 0 unspecified atom stereocenters. The molecular formula is C10H11N3O3S. The van der Waals surface area contributed by atoms with Gasteiger partial charge in [-0.3, -0.25) is 4.79 Å². The van der Waals surface area contributed by atoms with Crippen LogP contribution in [0.2, 0.25) is 0 Å². The minimum absolute atomic E-state index is 0.191. The molecule has 2 rings (SSSR count). The van der Waals surface area contributed by atoms with Gasteiger partial charge in [-0.25, -0.2) is 4.98 Å². The van der Waals surface area contributed by atoms with E-state index in [0.717, 1.165) is 10.9 Å². The molecule has 6 nitrogen and oxygen atoms in total. The normalized spacial score (nSPS) is 10.2. The van der Waals surface area contributed by atoms with Gasteiger partial charge in [0.15, 0.2) is 10.9 Å². The molecule has 1 N–H and O–H groups in total. The van der Waals surface area contributed by atoms with Crippen LogP contribution in [0.3, 0.4) is 0 Å².